The van der Waals surface area contributed by atoms with Crippen LogP contribution in [0.2, 0.25) is 0 Å². The predicted octanol–water partition coefficient (Wildman–Crippen LogP) is 3.47. The Bertz CT molecular complexity index is 518. The van der Waals surface area contributed by atoms with Gasteiger partial charge in [-0.05, 0) is 25.0 Å². The number of nitrogens with one attached hydrogen (secondary N) is 1. The van der Waals surface area contributed by atoms with E-state index >= 15 is 0 Å². The van der Waals surface area contributed by atoms with Crippen molar-refractivity contribution in [2.75, 3.05) is 5.32 Å². The number of rotatable bonds is 6. The summed E-state index contributed by atoms with van der Waals surface area (Å²) in [6.07, 6.45) is 5.27. The lowest BCUT2D eigenvalue weighted by Gasteiger charge is -2.18. The molecule has 2 aromatic rings. The van der Waals surface area contributed by atoms with Crippen molar-refractivity contribution in [3.63, 3.8) is 0 Å². The number of aromatic nitrogens is 3. The van der Waals surface area contributed by atoms with Crippen LogP contribution >= 0.6 is 0 Å². The second-order valence-corrected chi connectivity index (χ2v) is 4.88. The first-order chi connectivity index (χ1) is 9.24. The fourth-order valence-electron chi connectivity index (χ4n) is 2.26. The van der Waals surface area contributed by atoms with Crippen molar-refractivity contribution in [1.29, 1.82) is 0 Å². The van der Waals surface area contributed by atoms with E-state index in [9.17, 15) is 0 Å². The van der Waals surface area contributed by atoms with E-state index in [0.717, 1.165) is 23.5 Å². The van der Waals surface area contributed by atoms with Gasteiger partial charge in [0.15, 0.2) is 5.82 Å². The molecule has 0 aliphatic heterocycles. The molecule has 1 heterocycles. The SMILES string of the molecule is CCCC(CC)Nc1cccc(-c2nncn2C)c1. The van der Waals surface area contributed by atoms with Crippen molar-refractivity contribution >= 4 is 5.69 Å². The molecule has 0 fully saturated rings. The maximum Gasteiger partial charge on any atom is 0.163 e. The maximum atomic E-state index is 4.15. The summed E-state index contributed by atoms with van der Waals surface area (Å²) in [6, 6.07) is 8.92. The highest BCUT2D eigenvalue weighted by Gasteiger charge is 2.08. The molecule has 0 bridgehead atoms. The summed E-state index contributed by atoms with van der Waals surface area (Å²) >= 11 is 0. The average Bonchev–Trinajstić information content (AvgIpc) is 2.85. The van der Waals surface area contributed by atoms with Crippen molar-refractivity contribution in [1.82, 2.24) is 14.8 Å². The van der Waals surface area contributed by atoms with Gasteiger partial charge in [0, 0.05) is 24.3 Å². The van der Waals surface area contributed by atoms with Crippen LogP contribution in [0.3, 0.4) is 0 Å². The number of nitrogens with zero attached hydrogens (tertiary/aromatic N) is 3. The van der Waals surface area contributed by atoms with Crippen LogP contribution in [0.5, 0.6) is 0 Å². The van der Waals surface area contributed by atoms with E-state index in [0.29, 0.717) is 6.04 Å². The fraction of sp³-hybridized carbons (Fsp3) is 0.467. The monoisotopic (exact) mass is 258 g/mol. The highest BCUT2D eigenvalue weighted by Crippen LogP contribution is 2.21. The van der Waals surface area contributed by atoms with Gasteiger partial charge < -0.3 is 9.88 Å². The van der Waals surface area contributed by atoms with E-state index in [-0.39, 0.29) is 0 Å². The van der Waals surface area contributed by atoms with Crippen LogP contribution in [0, 0.1) is 0 Å². The molecular formula is C15H22N4. The largest absolute Gasteiger partial charge is 0.382 e. The lowest BCUT2D eigenvalue weighted by Crippen LogP contribution is -2.17. The van der Waals surface area contributed by atoms with Crippen LogP contribution in [0.25, 0.3) is 11.4 Å². The third-order valence-electron chi connectivity index (χ3n) is 3.33. The Kier molecular flexibility index (Phi) is 4.55. The zero-order valence-electron chi connectivity index (χ0n) is 11.9. The van der Waals surface area contributed by atoms with Crippen LogP contribution in [0.4, 0.5) is 5.69 Å². The van der Waals surface area contributed by atoms with Gasteiger partial charge in [0.25, 0.3) is 0 Å². The van der Waals surface area contributed by atoms with Gasteiger partial charge in [-0.25, -0.2) is 0 Å². The molecular weight excluding hydrogens is 236 g/mol. The van der Waals surface area contributed by atoms with Crippen LogP contribution in [-0.2, 0) is 7.05 Å². The minimum absolute atomic E-state index is 0.541. The van der Waals surface area contributed by atoms with Gasteiger partial charge in [0.2, 0.25) is 0 Å². The normalized spacial score (nSPS) is 12.4. The first kappa shape index (κ1) is 13.6. The second-order valence-electron chi connectivity index (χ2n) is 4.88. The quantitative estimate of drug-likeness (QED) is 0.862. The first-order valence-corrected chi connectivity index (χ1v) is 6.95. The summed E-state index contributed by atoms with van der Waals surface area (Å²) in [6.45, 7) is 4.44. The molecule has 0 saturated heterocycles. The zero-order valence-corrected chi connectivity index (χ0v) is 11.9. The topological polar surface area (TPSA) is 42.7 Å². The smallest absolute Gasteiger partial charge is 0.163 e. The van der Waals surface area contributed by atoms with Gasteiger partial charge in [-0.3, -0.25) is 0 Å². The van der Waals surface area contributed by atoms with E-state index in [4.69, 9.17) is 0 Å². The van der Waals surface area contributed by atoms with E-state index in [1.807, 2.05) is 11.6 Å². The van der Waals surface area contributed by atoms with E-state index < -0.39 is 0 Å². The Morgan fingerprint density at radius 2 is 2.16 bits per heavy atom. The zero-order chi connectivity index (χ0) is 13.7. The molecule has 1 unspecified atom stereocenters. The van der Waals surface area contributed by atoms with Crippen molar-refractivity contribution in [3.8, 4) is 11.4 Å². The first-order valence-electron chi connectivity index (χ1n) is 6.95. The minimum atomic E-state index is 0.541. The number of hydrogen-bond acceptors (Lipinski definition) is 3. The molecule has 0 amide bonds. The number of aryl methyl sites for hydroxylation is 1. The highest BCUT2D eigenvalue weighted by molar-refractivity contribution is 5.62. The maximum absolute atomic E-state index is 4.15. The molecule has 1 atom stereocenters. The van der Waals surface area contributed by atoms with Crippen molar-refractivity contribution in [3.05, 3.63) is 30.6 Å². The van der Waals surface area contributed by atoms with Crippen molar-refractivity contribution in [2.24, 2.45) is 7.05 Å². The number of hydrogen-bond donors (Lipinski definition) is 1. The molecule has 1 aromatic carbocycles. The van der Waals surface area contributed by atoms with Gasteiger partial charge in [-0.15, -0.1) is 10.2 Å². The predicted molar refractivity (Wildman–Crippen MR) is 79.0 cm³/mol. The summed E-state index contributed by atoms with van der Waals surface area (Å²) in [5.74, 6) is 0.896. The summed E-state index contributed by atoms with van der Waals surface area (Å²) < 4.78 is 1.93. The third kappa shape index (κ3) is 3.34. The van der Waals surface area contributed by atoms with Gasteiger partial charge in [0.1, 0.15) is 6.33 Å². The average molecular weight is 258 g/mol. The molecule has 4 nitrogen and oxygen atoms in total. The van der Waals surface area contributed by atoms with E-state index in [2.05, 4.69) is 53.6 Å². The van der Waals surface area contributed by atoms with E-state index in [1.54, 1.807) is 6.33 Å². The third-order valence-corrected chi connectivity index (χ3v) is 3.33. The summed E-state index contributed by atoms with van der Waals surface area (Å²) in [7, 11) is 1.96. The Hall–Kier alpha value is -1.84. The Morgan fingerprint density at radius 3 is 2.79 bits per heavy atom. The van der Waals surface area contributed by atoms with Gasteiger partial charge in [-0.2, -0.15) is 0 Å². The van der Waals surface area contributed by atoms with Crippen LogP contribution < -0.4 is 5.32 Å². The van der Waals surface area contributed by atoms with E-state index in [1.165, 1.54) is 12.8 Å². The molecule has 1 N–H and O–H groups in total. The van der Waals surface area contributed by atoms with Gasteiger partial charge in [-0.1, -0.05) is 32.4 Å². The van der Waals surface area contributed by atoms with Crippen LogP contribution in [-0.4, -0.2) is 20.8 Å². The number of benzene rings is 1. The molecule has 2 rings (SSSR count). The Balaban J connectivity index is 2.18. The molecule has 0 spiro atoms. The minimum Gasteiger partial charge on any atom is -0.382 e. The van der Waals surface area contributed by atoms with Crippen LogP contribution in [0.15, 0.2) is 30.6 Å². The summed E-state index contributed by atoms with van der Waals surface area (Å²) in [4.78, 5) is 0. The lowest BCUT2D eigenvalue weighted by atomic mass is 10.1. The van der Waals surface area contributed by atoms with Crippen molar-refractivity contribution in [2.45, 2.75) is 39.2 Å². The Morgan fingerprint density at radius 1 is 1.32 bits per heavy atom. The summed E-state index contributed by atoms with van der Waals surface area (Å²) in [5.41, 5.74) is 2.25. The van der Waals surface area contributed by atoms with Crippen molar-refractivity contribution < 1.29 is 0 Å². The molecule has 0 saturated carbocycles. The van der Waals surface area contributed by atoms with Gasteiger partial charge >= 0.3 is 0 Å². The molecule has 0 aliphatic rings. The number of anilines is 1. The second kappa shape index (κ2) is 6.36. The van der Waals surface area contributed by atoms with Crippen LogP contribution in [0.1, 0.15) is 33.1 Å². The fourth-order valence-corrected chi connectivity index (χ4v) is 2.26. The highest BCUT2D eigenvalue weighted by atomic mass is 15.2. The molecule has 102 valence electrons. The molecule has 4 heteroatoms. The standard InChI is InChI=1S/C15H22N4/c1-4-7-13(5-2)17-14-9-6-8-12(10-14)15-18-16-11-19(15)3/h6,8-11,13,17H,4-5,7H2,1-3H3. The summed E-state index contributed by atoms with van der Waals surface area (Å²) in [5, 5.41) is 11.7. The molecule has 0 radical (unpaired) electrons. The van der Waals surface area contributed by atoms with Gasteiger partial charge in [0.05, 0.1) is 0 Å². The molecule has 19 heavy (non-hydrogen) atoms. The Labute approximate surface area is 114 Å². The molecule has 0 aliphatic carbocycles. The lowest BCUT2D eigenvalue weighted by molar-refractivity contribution is 0.623. The molecule has 1 aromatic heterocycles.